The van der Waals surface area contributed by atoms with Crippen molar-refractivity contribution in [3.05, 3.63) is 59.4 Å². The van der Waals surface area contributed by atoms with E-state index in [1.54, 1.807) is 12.4 Å². The van der Waals surface area contributed by atoms with Crippen LogP contribution in [-0.4, -0.2) is 38.2 Å². The lowest BCUT2D eigenvalue weighted by Gasteiger charge is -2.35. The molecule has 0 aliphatic heterocycles. The maximum atomic E-state index is 13.4. The van der Waals surface area contributed by atoms with Gasteiger partial charge in [-0.25, -0.2) is 9.67 Å². The van der Waals surface area contributed by atoms with Crippen molar-refractivity contribution in [3.63, 3.8) is 0 Å². The normalized spacial score (nSPS) is 16.4. The number of pyridine rings is 1. The lowest BCUT2D eigenvalue weighted by atomic mass is 9.87. The number of carbonyl (C=O) groups is 1. The lowest BCUT2D eigenvalue weighted by molar-refractivity contribution is 0.0661. The molecule has 3 aromatic rings. The van der Waals surface area contributed by atoms with Crippen molar-refractivity contribution >= 4 is 16.9 Å². The highest BCUT2D eigenvalue weighted by Crippen LogP contribution is 2.26. The van der Waals surface area contributed by atoms with Crippen LogP contribution in [0.25, 0.3) is 11.0 Å². The monoisotopic (exact) mass is 376 g/mol. The van der Waals surface area contributed by atoms with Crippen molar-refractivity contribution in [3.8, 4) is 0 Å². The Morgan fingerprint density at radius 3 is 2.79 bits per heavy atom. The van der Waals surface area contributed by atoms with E-state index in [4.69, 9.17) is 0 Å². The summed E-state index contributed by atoms with van der Waals surface area (Å²) < 4.78 is 1.89. The van der Waals surface area contributed by atoms with Gasteiger partial charge in [-0.3, -0.25) is 4.79 Å². The predicted octanol–water partition coefficient (Wildman–Crippen LogP) is 4.42. The van der Waals surface area contributed by atoms with Gasteiger partial charge in [-0.2, -0.15) is 5.10 Å². The zero-order valence-electron chi connectivity index (χ0n) is 16.9. The van der Waals surface area contributed by atoms with Gasteiger partial charge < -0.3 is 4.90 Å². The summed E-state index contributed by atoms with van der Waals surface area (Å²) in [5.74, 6) is 0.0814. The van der Waals surface area contributed by atoms with Crippen LogP contribution >= 0.6 is 0 Å². The topological polar surface area (TPSA) is 51.0 Å². The van der Waals surface area contributed by atoms with E-state index in [0.717, 1.165) is 43.3 Å². The second-order valence-corrected chi connectivity index (χ2v) is 7.98. The van der Waals surface area contributed by atoms with E-state index < -0.39 is 0 Å². The van der Waals surface area contributed by atoms with Crippen LogP contribution in [0.3, 0.4) is 0 Å². The molecule has 1 atom stereocenters. The number of aryl methyl sites for hydroxylation is 1. The zero-order chi connectivity index (χ0) is 19.7. The first kappa shape index (κ1) is 18.7. The van der Waals surface area contributed by atoms with E-state index in [2.05, 4.69) is 60.0 Å². The maximum Gasteiger partial charge on any atom is 0.255 e. The Hall–Kier alpha value is -2.69. The molecule has 146 valence electrons. The molecule has 4 rings (SSSR count). The zero-order valence-corrected chi connectivity index (χ0v) is 16.9. The molecule has 0 saturated heterocycles. The number of hydrogen-bond donors (Lipinski definition) is 0. The van der Waals surface area contributed by atoms with Crippen LogP contribution in [0.4, 0.5) is 0 Å². The fraction of sp³-hybridized carbons (Fsp3) is 0.435. The molecule has 2 heterocycles. The molecular weight excluding hydrogens is 348 g/mol. The van der Waals surface area contributed by atoms with Crippen molar-refractivity contribution in [1.29, 1.82) is 0 Å². The molecule has 0 saturated carbocycles. The summed E-state index contributed by atoms with van der Waals surface area (Å²) in [5.41, 5.74) is 4.29. The summed E-state index contributed by atoms with van der Waals surface area (Å²) in [7, 11) is 0. The first-order chi connectivity index (χ1) is 13.6. The number of carbonyl (C=O) groups excluding carboxylic acids is 1. The Labute approximate surface area is 166 Å². The smallest absolute Gasteiger partial charge is 0.255 e. The van der Waals surface area contributed by atoms with Crippen molar-refractivity contribution in [1.82, 2.24) is 19.7 Å². The number of benzene rings is 1. The van der Waals surface area contributed by atoms with E-state index in [0.29, 0.717) is 5.56 Å². The van der Waals surface area contributed by atoms with Crippen LogP contribution in [0.2, 0.25) is 0 Å². The molecule has 1 amide bonds. The molecular formula is C23H28N4O. The van der Waals surface area contributed by atoms with E-state index in [1.807, 2.05) is 10.7 Å². The summed E-state index contributed by atoms with van der Waals surface area (Å²) in [6, 6.07) is 11.0. The van der Waals surface area contributed by atoms with Crippen LogP contribution in [0.5, 0.6) is 0 Å². The Morgan fingerprint density at radius 1 is 1.25 bits per heavy atom. The highest BCUT2D eigenvalue weighted by Gasteiger charge is 2.28. The summed E-state index contributed by atoms with van der Waals surface area (Å²) in [6.45, 7) is 7.06. The third kappa shape index (κ3) is 3.41. The number of rotatable bonds is 5. The average molecular weight is 377 g/mol. The van der Waals surface area contributed by atoms with E-state index in [9.17, 15) is 4.79 Å². The van der Waals surface area contributed by atoms with Crippen molar-refractivity contribution in [2.45, 2.75) is 58.5 Å². The molecule has 5 nitrogen and oxygen atoms in total. The van der Waals surface area contributed by atoms with Gasteiger partial charge in [0.1, 0.15) is 0 Å². The largest absolute Gasteiger partial charge is 0.335 e. The molecule has 1 unspecified atom stereocenters. The van der Waals surface area contributed by atoms with Crippen molar-refractivity contribution in [2.75, 3.05) is 6.54 Å². The predicted molar refractivity (Wildman–Crippen MR) is 111 cm³/mol. The molecule has 1 aliphatic carbocycles. The Balaban J connectivity index is 1.61. The van der Waals surface area contributed by atoms with Crippen LogP contribution < -0.4 is 0 Å². The van der Waals surface area contributed by atoms with Gasteiger partial charge >= 0.3 is 0 Å². The van der Waals surface area contributed by atoms with Gasteiger partial charge in [0, 0.05) is 30.2 Å². The quantitative estimate of drug-likeness (QED) is 0.662. The molecule has 1 aromatic carbocycles. The number of fused-ring (bicyclic) bond motifs is 2. The number of aromatic nitrogens is 3. The molecule has 0 spiro atoms. The summed E-state index contributed by atoms with van der Waals surface area (Å²) in [4.78, 5) is 20.0. The Morgan fingerprint density at radius 2 is 2.04 bits per heavy atom. The number of hydrogen-bond acceptors (Lipinski definition) is 3. The van der Waals surface area contributed by atoms with Crippen molar-refractivity contribution in [2.24, 2.45) is 0 Å². The molecule has 0 N–H and O–H groups in total. The minimum absolute atomic E-state index is 0.0814. The molecule has 0 fully saturated rings. The average Bonchev–Trinajstić information content (AvgIpc) is 3.14. The van der Waals surface area contributed by atoms with Gasteiger partial charge in [0.25, 0.3) is 5.91 Å². The lowest BCUT2D eigenvalue weighted by Crippen LogP contribution is -2.44. The molecule has 1 aliphatic rings. The molecule has 0 radical (unpaired) electrons. The highest BCUT2D eigenvalue weighted by atomic mass is 16.2. The van der Waals surface area contributed by atoms with E-state index >= 15 is 0 Å². The molecule has 28 heavy (non-hydrogen) atoms. The second-order valence-electron chi connectivity index (χ2n) is 7.98. The molecule has 0 bridgehead atoms. The SMILES string of the molecule is CCCN(C(=O)c1cnc2c(cnn2C(C)C)c1)C1CCc2ccccc2C1. The Bertz CT molecular complexity index is 991. The van der Waals surface area contributed by atoms with Crippen LogP contribution in [0, 0.1) is 0 Å². The number of nitrogens with zero attached hydrogens (tertiary/aromatic N) is 4. The first-order valence-electron chi connectivity index (χ1n) is 10.3. The van der Waals surface area contributed by atoms with Crippen LogP contribution in [0.1, 0.15) is 61.1 Å². The van der Waals surface area contributed by atoms with Crippen LogP contribution in [-0.2, 0) is 12.8 Å². The fourth-order valence-electron chi connectivity index (χ4n) is 4.24. The van der Waals surface area contributed by atoms with Gasteiger partial charge in [0.2, 0.25) is 0 Å². The first-order valence-corrected chi connectivity index (χ1v) is 10.3. The van der Waals surface area contributed by atoms with Gasteiger partial charge in [-0.1, -0.05) is 31.2 Å². The number of amides is 1. The minimum atomic E-state index is 0.0814. The standard InChI is InChI=1S/C23H28N4O/c1-4-11-26(21-10-9-17-7-5-6-8-18(17)13-21)23(28)20-12-19-15-25-27(16(2)3)22(19)24-14-20/h5-8,12,14-16,21H,4,9-11,13H2,1-3H3. The summed E-state index contributed by atoms with van der Waals surface area (Å²) in [6.07, 6.45) is 7.45. The molecule has 2 aromatic heterocycles. The summed E-state index contributed by atoms with van der Waals surface area (Å²) in [5, 5.41) is 5.34. The van der Waals surface area contributed by atoms with Gasteiger partial charge in [-0.15, -0.1) is 0 Å². The van der Waals surface area contributed by atoms with Crippen molar-refractivity contribution < 1.29 is 4.79 Å². The minimum Gasteiger partial charge on any atom is -0.335 e. The maximum absolute atomic E-state index is 13.4. The van der Waals surface area contributed by atoms with Gasteiger partial charge in [0.05, 0.1) is 11.8 Å². The Kier molecular flexibility index (Phi) is 5.16. The third-order valence-corrected chi connectivity index (χ3v) is 5.66. The third-order valence-electron chi connectivity index (χ3n) is 5.66. The highest BCUT2D eigenvalue weighted by molar-refractivity contribution is 5.97. The van der Waals surface area contributed by atoms with E-state index in [-0.39, 0.29) is 18.0 Å². The van der Waals surface area contributed by atoms with Crippen LogP contribution in [0.15, 0.2) is 42.7 Å². The van der Waals surface area contributed by atoms with Gasteiger partial charge in [-0.05, 0) is 56.7 Å². The molecule has 5 heteroatoms. The summed E-state index contributed by atoms with van der Waals surface area (Å²) >= 11 is 0. The van der Waals surface area contributed by atoms with E-state index in [1.165, 1.54) is 11.1 Å². The second kappa shape index (κ2) is 7.74. The van der Waals surface area contributed by atoms with Gasteiger partial charge in [0.15, 0.2) is 5.65 Å². The fourth-order valence-corrected chi connectivity index (χ4v) is 4.24.